The van der Waals surface area contributed by atoms with Gasteiger partial charge in [-0.2, -0.15) is 0 Å². The number of rotatable bonds is 3. The molecule has 1 aromatic heterocycles. The van der Waals surface area contributed by atoms with Crippen molar-refractivity contribution in [2.75, 3.05) is 19.8 Å². The molecule has 22 heavy (non-hydrogen) atoms. The summed E-state index contributed by atoms with van der Waals surface area (Å²) in [5, 5.41) is -0.241. The summed E-state index contributed by atoms with van der Waals surface area (Å²) in [6.07, 6.45) is 3.34. The average molecular weight is 322 g/mol. The minimum absolute atomic E-state index is 0.0994. The van der Waals surface area contributed by atoms with E-state index in [1.807, 2.05) is 13.8 Å². The van der Waals surface area contributed by atoms with Crippen molar-refractivity contribution in [3.05, 3.63) is 29.1 Å². The van der Waals surface area contributed by atoms with E-state index >= 15 is 0 Å². The lowest BCUT2D eigenvalue weighted by Crippen LogP contribution is -2.50. The second kappa shape index (κ2) is 6.28. The molecule has 2 aliphatic rings. The lowest BCUT2D eigenvalue weighted by atomic mass is 10.2. The van der Waals surface area contributed by atoms with Crippen molar-refractivity contribution in [2.45, 2.75) is 26.1 Å². The lowest BCUT2D eigenvalue weighted by molar-refractivity contribution is -0.127. The summed E-state index contributed by atoms with van der Waals surface area (Å²) in [6.45, 7) is 5.71. The number of carbonyl (C=O) groups is 2. The van der Waals surface area contributed by atoms with Gasteiger partial charge in [0.2, 0.25) is 0 Å². The molecule has 0 N–H and O–H groups in total. The van der Waals surface area contributed by atoms with Crippen molar-refractivity contribution >= 4 is 29.0 Å². The lowest BCUT2D eigenvalue weighted by Gasteiger charge is -2.36. The van der Waals surface area contributed by atoms with Crippen molar-refractivity contribution in [1.82, 2.24) is 9.80 Å². The maximum absolute atomic E-state index is 12.4. The molecular formula is C15H18N2O4S. The molecule has 0 aromatic carbocycles. The van der Waals surface area contributed by atoms with E-state index in [1.165, 1.54) is 11.2 Å². The average Bonchev–Trinajstić information content (AvgIpc) is 3.03. The van der Waals surface area contributed by atoms with Crippen molar-refractivity contribution < 1.29 is 18.7 Å². The Morgan fingerprint density at radius 2 is 2.05 bits per heavy atom. The molecule has 0 bridgehead atoms. The SMILES string of the molecule is C[C@@H]1CN(CN2C(=O)S/C(=C/c3ccco3)C2=O)C[C@H](C)O1. The van der Waals surface area contributed by atoms with E-state index in [-0.39, 0.29) is 23.4 Å². The van der Waals surface area contributed by atoms with E-state index in [0.29, 0.717) is 30.4 Å². The highest BCUT2D eigenvalue weighted by Gasteiger charge is 2.37. The minimum atomic E-state index is -0.266. The van der Waals surface area contributed by atoms with Crippen molar-refractivity contribution in [2.24, 2.45) is 0 Å². The number of amides is 2. The highest BCUT2D eigenvalue weighted by atomic mass is 32.2. The molecule has 2 amide bonds. The summed E-state index contributed by atoms with van der Waals surface area (Å²) in [6, 6.07) is 3.49. The van der Waals surface area contributed by atoms with Gasteiger partial charge in [-0.05, 0) is 37.7 Å². The van der Waals surface area contributed by atoms with Gasteiger partial charge < -0.3 is 9.15 Å². The van der Waals surface area contributed by atoms with Crippen LogP contribution in [-0.4, -0.2) is 52.9 Å². The summed E-state index contributed by atoms with van der Waals surface area (Å²) in [7, 11) is 0. The van der Waals surface area contributed by atoms with Crippen LogP contribution in [-0.2, 0) is 9.53 Å². The maximum Gasteiger partial charge on any atom is 0.294 e. The summed E-state index contributed by atoms with van der Waals surface area (Å²) in [5.74, 6) is 0.303. The fourth-order valence-corrected chi connectivity index (χ4v) is 3.54. The van der Waals surface area contributed by atoms with Crippen LogP contribution >= 0.6 is 11.8 Å². The molecule has 0 aliphatic carbocycles. The van der Waals surface area contributed by atoms with Gasteiger partial charge in [0.15, 0.2) is 0 Å². The monoisotopic (exact) mass is 322 g/mol. The minimum Gasteiger partial charge on any atom is -0.465 e. The van der Waals surface area contributed by atoms with Crippen LogP contribution in [0.25, 0.3) is 6.08 Å². The molecule has 2 aliphatic heterocycles. The van der Waals surface area contributed by atoms with Gasteiger partial charge in [-0.3, -0.25) is 19.4 Å². The predicted octanol–water partition coefficient (Wildman–Crippen LogP) is 2.38. The first kappa shape index (κ1) is 15.3. The Bertz CT molecular complexity index is 589. The third kappa shape index (κ3) is 3.26. The van der Waals surface area contributed by atoms with Gasteiger partial charge in [0.25, 0.3) is 11.1 Å². The number of hydrogen-bond donors (Lipinski definition) is 0. The van der Waals surface area contributed by atoms with Crippen molar-refractivity contribution in [1.29, 1.82) is 0 Å². The molecule has 2 fully saturated rings. The van der Waals surface area contributed by atoms with Gasteiger partial charge in [0.1, 0.15) is 5.76 Å². The Labute approximate surface area is 133 Å². The number of carbonyl (C=O) groups excluding carboxylic acids is 2. The van der Waals surface area contributed by atoms with Crippen LogP contribution in [0.5, 0.6) is 0 Å². The highest BCUT2D eigenvalue weighted by molar-refractivity contribution is 8.18. The van der Waals surface area contributed by atoms with Crippen molar-refractivity contribution in [3.8, 4) is 0 Å². The largest absolute Gasteiger partial charge is 0.465 e. The highest BCUT2D eigenvalue weighted by Crippen LogP contribution is 2.32. The topological polar surface area (TPSA) is 63.0 Å². The zero-order valence-corrected chi connectivity index (χ0v) is 13.3. The first-order valence-corrected chi connectivity index (χ1v) is 8.01. The number of morpholine rings is 1. The summed E-state index contributed by atoms with van der Waals surface area (Å²) in [4.78, 5) is 28.2. The van der Waals surface area contributed by atoms with Crippen LogP contribution in [0.3, 0.4) is 0 Å². The van der Waals surface area contributed by atoms with E-state index < -0.39 is 0 Å². The Morgan fingerprint density at radius 3 is 2.68 bits per heavy atom. The van der Waals surface area contributed by atoms with E-state index in [9.17, 15) is 9.59 Å². The number of nitrogens with zero attached hydrogens (tertiary/aromatic N) is 2. The van der Waals surface area contributed by atoms with Crippen LogP contribution in [0.2, 0.25) is 0 Å². The van der Waals surface area contributed by atoms with Gasteiger partial charge in [-0.1, -0.05) is 0 Å². The molecule has 2 saturated heterocycles. The molecule has 0 saturated carbocycles. The molecule has 0 spiro atoms. The molecule has 3 rings (SSSR count). The van der Waals surface area contributed by atoms with Gasteiger partial charge in [-0.25, -0.2) is 0 Å². The number of furan rings is 1. The standard InChI is InChI=1S/C15H18N2O4S/c1-10-7-16(8-11(2)21-10)9-17-14(18)13(22-15(17)19)6-12-4-3-5-20-12/h3-6,10-11H,7-9H2,1-2H3/b13-6+/t10-,11+. The molecular weight excluding hydrogens is 304 g/mol. The Hall–Kier alpha value is -1.57. The summed E-state index contributed by atoms with van der Waals surface area (Å²) >= 11 is 0.951. The third-order valence-corrected chi connectivity index (χ3v) is 4.43. The van der Waals surface area contributed by atoms with Gasteiger partial charge in [0.05, 0.1) is 30.0 Å². The Balaban J connectivity index is 1.69. The second-order valence-electron chi connectivity index (χ2n) is 5.56. The van der Waals surface area contributed by atoms with E-state index in [4.69, 9.17) is 9.15 Å². The molecule has 1 aromatic rings. The number of hydrogen-bond acceptors (Lipinski definition) is 6. The fourth-order valence-electron chi connectivity index (χ4n) is 2.72. The zero-order chi connectivity index (χ0) is 15.7. The summed E-state index contributed by atoms with van der Waals surface area (Å²) in [5.41, 5.74) is 0. The second-order valence-corrected chi connectivity index (χ2v) is 6.55. The van der Waals surface area contributed by atoms with E-state index in [0.717, 1.165) is 11.8 Å². The molecule has 6 nitrogen and oxygen atoms in total. The van der Waals surface area contributed by atoms with Crippen LogP contribution in [0.4, 0.5) is 4.79 Å². The molecule has 0 radical (unpaired) electrons. The molecule has 2 atom stereocenters. The number of thioether (sulfide) groups is 1. The van der Waals surface area contributed by atoms with Crippen LogP contribution in [0.1, 0.15) is 19.6 Å². The zero-order valence-electron chi connectivity index (χ0n) is 12.5. The molecule has 7 heteroatoms. The normalized spacial score (nSPS) is 28.8. The number of ether oxygens (including phenoxy) is 1. The van der Waals surface area contributed by atoms with Crippen LogP contribution < -0.4 is 0 Å². The molecule has 118 valence electrons. The first-order chi connectivity index (χ1) is 10.5. The van der Waals surface area contributed by atoms with Crippen molar-refractivity contribution in [3.63, 3.8) is 0 Å². The Morgan fingerprint density at radius 1 is 1.32 bits per heavy atom. The van der Waals surface area contributed by atoms with Gasteiger partial charge in [-0.15, -0.1) is 0 Å². The van der Waals surface area contributed by atoms with Gasteiger partial charge >= 0.3 is 0 Å². The maximum atomic E-state index is 12.4. The van der Waals surface area contributed by atoms with Gasteiger partial charge in [0, 0.05) is 19.2 Å². The smallest absolute Gasteiger partial charge is 0.294 e. The van der Waals surface area contributed by atoms with Crippen LogP contribution in [0, 0.1) is 0 Å². The quantitative estimate of drug-likeness (QED) is 0.796. The van der Waals surface area contributed by atoms with E-state index in [1.54, 1.807) is 18.2 Å². The first-order valence-electron chi connectivity index (χ1n) is 7.19. The predicted molar refractivity (Wildman–Crippen MR) is 83.0 cm³/mol. The molecule has 3 heterocycles. The third-order valence-electron chi connectivity index (χ3n) is 3.53. The van der Waals surface area contributed by atoms with E-state index in [2.05, 4.69) is 4.90 Å². The number of imide groups is 1. The van der Waals surface area contributed by atoms with Crippen LogP contribution in [0.15, 0.2) is 27.7 Å². The Kier molecular flexibility index (Phi) is 4.37. The fraction of sp³-hybridized carbons (Fsp3) is 0.467. The summed E-state index contributed by atoms with van der Waals surface area (Å²) < 4.78 is 10.9. The molecule has 0 unspecified atom stereocenters.